The number of aromatic nitrogens is 1. The molecular formula is C39H32N4O. The average Bonchev–Trinajstić information content (AvgIpc) is 3.50. The maximum absolute atomic E-state index is 6.88. The molecule has 5 aromatic carbocycles. The number of hydrogen-bond acceptors (Lipinski definition) is 4. The van der Waals surface area contributed by atoms with Crippen LogP contribution in [-0.4, -0.2) is 20.8 Å². The van der Waals surface area contributed by atoms with Crippen LogP contribution < -0.4 is 5.73 Å². The zero-order chi connectivity index (χ0) is 29.2. The molecule has 2 N–H and O–H groups in total. The molecule has 5 atom stereocenters. The molecule has 0 spiro atoms. The molecule has 2 aromatic heterocycles. The van der Waals surface area contributed by atoms with E-state index in [1.165, 1.54) is 27.4 Å². The van der Waals surface area contributed by atoms with E-state index in [0.29, 0.717) is 5.92 Å². The van der Waals surface area contributed by atoms with E-state index in [0.717, 1.165) is 46.1 Å². The molecule has 1 aliphatic heterocycles. The fourth-order valence-electron chi connectivity index (χ4n) is 7.16. The first-order valence-corrected chi connectivity index (χ1v) is 15.4. The lowest BCUT2D eigenvalue weighted by Gasteiger charge is -2.22. The predicted molar refractivity (Wildman–Crippen MR) is 179 cm³/mol. The van der Waals surface area contributed by atoms with Crippen LogP contribution in [0.2, 0.25) is 0 Å². The highest BCUT2D eigenvalue weighted by atomic mass is 16.3. The molecule has 2 aliphatic rings. The van der Waals surface area contributed by atoms with Gasteiger partial charge in [0.05, 0.1) is 17.2 Å². The van der Waals surface area contributed by atoms with Crippen molar-refractivity contribution in [3.63, 3.8) is 0 Å². The Morgan fingerprint density at radius 2 is 1.48 bits per heavy atom. The molecule has 5 nitrogen and oxygen atoms in total. The summed E-state index contributed by atoms with van der Waals surface area (Å²) in [5.74, 6) is 0.295. The van der Waals surface area contributed by atoms with Gasteiger partial charge < -0.3 is 14.7 Å². The molecule has 1 fully saturated rings. The third kappa shape index (κ3) is 3.98. The van der Waals surface area contributed by atoms with Crippen molar-refractivity contribution in [3.05, 3.63) is 151 Å². The Labute approximate surface area is 255 Å². The van der Waals surface area contributed by atoms with Crippen LogP contribution in [0.5, 0.6) is 0 Å². The number of para-hydroxylation sites is 2. The second kappa shape index (κ2) is 10.1. The van der Waals surface area contributed by atoms with Gasteiger partial charge in [0.15, 0.2) is 5.58 Å². The summed E-state index contributed by atoms with van der Waals surface area (Å²) in [6, 6.07) is 41.0. The first-order chi connectivity index (χ1) is 21.8. The van der Waals surface area contributed by atoms with E-state index in [1.54, 1.807) is 0 Å². The van der Waals surface area contributed by atoms with Gasteiger partial charge in [0.1, 0.15) is 11.7 Å². The van der Waals surface area contributed by atoms with Crippen LogP contribution in [0.3, 0.4) is 0 Å². The molecule has 5 heteroatoms. The van der Waals surface area contributed by atoms with Gasteiger partial charge in [0.25, 0.3) is 0 Å². The van der Waals surface area contributed by atoms with Gasteiger partial charge in [-0.1, -0.05) is 109 Å². The lowest BCUT2D eigenvalue weighted by Crippen LogP contribution is -2.38. The SMILES string of the molecule is NC(C1C=CC=CC1)N1[C@@H](c2ccccc2)N1Cc1ccc(-n2c3ccccc3c3ccc4c5ccccc5oc4c32)cc1. The van der Waals surface area contributed by atoms with Crippen LogP contribution in [0.25, 0.3) is 49.4 Å². The summed E-state index contributed by atoms with van der Waals surface area (Å²) >= 11 is 0. The van der Waals surface area contributed by atoms with Crippen molar-refractivity contribution in [2.45, 2.75) is 25.3 Å². The van der Waals surface area contributed by atoms with Gasteiger partial charge >= 0.3 is 0 Å². The van der Waals surface area contributed by atoms with Crippen LogP contribution in [0.1, 0.15) is 23.7 Å². The average molecular weight is 573 g/mol. The van der Waals surface area contributed by atoms with Crippen molar-refractivity contribution in [3.8, 4) is 5.69 Å². The summed E-state index contributed by atoms with van der Waals surface area (Å²) < 4.78 is 8.88. The van der Waals surface area contributed by atoms with Gasteiger partial charge in [-0.2, -0.15) is 5.01 Å². The molecular weight excluding hydrogens is 540 g/mol. The molecule has 3 heterocycles. The van der Waals surface area contributed by atoms with Gasteiger partial charge in [-0.05, 0) is 47.9 Å². The molecule has 0 saturated carbocycles. The van der Waals surface area contributed by atoms with E-state index in [-0.39, 0.29) is 12.3 Å². The molecule has 0 amide bonds. The summed E-state index contributed by atoms with van der Waals surface area (Å²) in [6.07, 6.45) is 9.73. The van der Waals surface area contributed by atoms with E-state index in [1.807, 2.05) is 6.07 Å². The number of benzene rings is 5. The number of nitrogens with zero attached hydrogens (tertiary/aromatic N) is 3. The number of nitrogens with two attached hydrogens (primary N) is 1. The van der Waals surface area contributed by atoms with Gasteiger partial charge in [0, 0.05) is 39.7 Å². The molecule has 44 heavy (non-hydrogen) atoms. The quantitative estimate of drug-likeness (QED) is 0.202. The Kier molecular flexibility index (Phi) is 5.85. The Morgan fingerprint density at radius 3 is 2.30 bits per heavy atom. The monoisotopic (exact) mass is 572 g/mol. The Balaban J connectivity index is 1.10. The van der Waals surface area contributed by atoms with Gasteiger partial charge in [-0.15, -0.1) is 0 Å². The lowest BCUT2D eigenvalue weighted by molar-refractivity contribution is 0.197. The molecule has 7 aromatic rings. The van der Waals surface area contributed by atoms with Crippen molar-refractivity contribution < 1.29 is 4.42 Å². The van der Waals surface area contributed by atoms with E-state index in [2.05, 4.69) is 148 Å². The molecule has 0 radical (unpaired) electrons. The normalized spacial score (nSPS) is 21.9. The fourth-order valence-corrected chi connectivity index (χ4v) is 7.16. The highest BCUT2D eigenvalue weighted by Gasteiger charge is 2.50. The minimum Gasteiger partial charge on any atom is -0.454 e. The third-order valence-electron chi connectivity index (χ3n) is 9.35. The third-order valence-corrected chi connectivity index (χ3v) is 9.35. The number of allylic oxidation sites excluding steroid dienone is 3. The standard InChI is InChI=1S/C39H32N4O/c40-38(27-11-3-1-4-12-27)43-39(28-13-5-2-6-14-28)41(43)25-26-19-21-29(22-20-26)42-34-17-9-7-15-30(34)32-23-24-33-31-16-8-10-18-35(31)44-37(33)36(32)42/h1-11,13-24,27,38-39H,12,25,40H2/t27?,38?,39-,41?,43?/m0/s1. The smallest absolute Gasteiger partial charge is 0.160 e. The second-order valence-corrected chi connectivity index (χ2v) is 11.9. The number of rotatable bonds is 6. The molecule has 214 valence electrons. The zero-order valence-electron chi connectivity index (χ0n) is 24.3. The summed E-state index contributed by atoms with van der Waals surface area (Å²) in [5.41, 5.74) is 14.6. The molecule has 0 bridgehead atoms. The minimum absolute atomic E-state index is 0.0792. The van der Waals surface area contributed by atoms with Gasteiger partial charge in [-0.3, -0.25) is 0 Å². The fraction of sp³-hybridized carbons (Fsp3) is 0.128. The number of hydrazine groups is 1. The Morgan fingerprint density at radius 1 is 0.727 bits per heavy atom. The summed E-state index contributed by atoms with van der Waals surface area (Å²) in [7, 11) is 0. The molecule has 9 rings (SSSR count). The minimum atomic E-state index is -0.0792. The summed E-state index contributed by atoms with van der Waals surface area (Å²) in [4.78, 5) is 0. The van der Waals surface area contributed by atoms with Crippen LogP contribution in [0.4, 0.5) is 0 Å². The lowest BCUT2D eigenvalue weighted by atomic mass is 9.98. The maximum atomic E-state index is 6.88. The van der Waals surface area contributed by atoms with Crippen LogP contribution in [0, 0.1) is 5.92 Å². The first-order valence-electron chi connectivity index (χ1n) is 15.4. The first kappa shape index (κ1) is 25.5. The van der Waals surface area contributed by atoms with Gasteiger partial charge in [0.2, 0.25) is 0 Å². The predicted octanol–water partition coefficient (Wildman–Crippen LogP) is 8.83. The van der Waals surface area contributed by atoms with E-state index in [4.69, 9.17) is 10.2 Å². The molecule has 1 aliphatic carbocycles. The topological polar surface area (TPSA) is 50.1 Å². The van der Waals surface area contributed by atoms with Crippen LogP contribution >= 0.6 is 0 Å². The van der Waals surface area contributed by atoms with Crippen LogP contribution in [0.15, 0.2) is 144 Å². The number of fused-ring (bicyclic) bond motifs is 7. The van der Waals surface area contributed by atoms with Crippen LogP contribution in [-0.2, 0) is 6.54 Å². The van der Waals surface area contributed by atoms with E-state index in [9.17, 15) is 0 Å². The summed E-state index contributed by atoms with van der Waals surface area (Å²) in [6.45, 7) is 0.792. The van der Waals surface area contributed by atoms with Crippen molar-refractivity contribution in [1.82, 2.24) is 14.6 Å². The number of furan rings is 1. The molecule has 1 saturated heterocycles. The van der Waals surface area contributed by atoms with Crippen molar-refractivity contribution in [1.29, 1.82) is 0 Å². The zero-order valence-corrected chi connectivity index (χ0v) is 24.3. The van der Waals surface area contributed by atoms with E-state index >= 15 is 0 Å². The Bertz CT molecular complexity index is 2220. The Hall–Kier alpha value is -4.94. The largest absolute Gasteiger partial charge is 0.454 e. The highest BCUT2D eigenvalue weighted by Crippen LogP contribution is 2.46. The second-order valence-electron chi connectivity index (χ2n) is 11.9. The highest BCUT2D eigenvalue weighted by molar-refractivity contribution is 6.21. The maximum Gasteiger partial charge on any atom is 0.160 e. The van der Waals surface area contributed by atoms with Crippen molar-refractivity contribution in [2.75, 3.05) is 0 Å². The summed E-state index contributed by atoms with van der Waals surface area (Å²) in [5, 5.41) is 9.46. The molecule has 4 unspecified atom stereocenters. The van der Waals surface area contributed by atoms with Gasteiger partial charge in [-0.25, -0.2) is 5.01 Å². The van der Waals surface area contributed by atoms with Crippen molar-refractivity contribution in [2.24, 2.45) is 11.7 Å². The van der Waals surface area contributed by atoms with E-state index < -0.39 is 0 Å². The van der Waals surface area contributed by atoms with Crippen molar-refractivity contribution >= 4 is 43.7 Å². The number of hydrogen-bond donors (Lipinski definition) is 1.